The average molecular weight is 462 g/mol. The van der Waals surface area contributed by atoms with Crippen LogP contribution in [0.2, 0.25) is 0 Å². The summed E-state index contributed by atoms with van der Waals surface area (Å²) in [5, 5.41) is 19.8. The van der Waals surface area contributed by atoms with Gasteiger partial charge in [0.15, 0.2) is 0 Å². The standard InChI is InChI=1S/C28H28FNO4/c1-18-25-14-23(32)8-11-26(25)34-28(27(18)20-2-6-22(31)7-3-20)21-4-9-24(10-5-21)33-13-12-30-16-19(15-29)17-30/h2-11,14,19,28,31-32H,12-13,15-17H2,1H3/t28-/m0/s1. The molecule has 2 aliphatic heterocycles. The fourth-order valence-electron chi connectivity index (χ4n) is 4.67. The van der Waals surface area contributed by atoms with E-state index in [9.17, 15) is 14.6 Å². The second-order valence-corrected chi connectivity index (χ2v) is 8.96. The highest BCUT2D eigenvalue weighted by Crippen LogP contribution is 2.47. The van der Waals surface area contributed by atoms with Gasteiger partial charge in [-0.25, -0.2) is 0 Å². The molecule has 6 heteroatoms. The number of aromatic hydroxyl groups is 2. The van der Waals surface area contributed by atoms with Gasteiger partial charge in [0, 0.05) is 36.7 Å². The number of phenolic OH excluding ortho intramolecular Hbond substituents is 2. The van der Waals surface area contributed by atoms with Crippen molar-refractivity contribution in [2.45, 2.75) is 13.0 Å². The van der Waals surface area contributed by atoms with Crippen LogP contribution in [0.4, 0.5) is 4.39 Å². The highest BCUT2D eigenvalue weighted by Gasteiger charge is 2.30. The molecule has 0 saturated carbocycles. The normalized spacial score (nSPS) is 18.2. The Morgan fingerprint density at radius 2 is 1.68 bits per heavy atom. The maximum absolute atomic E-state index is 12.6. The number of halogens is 1. The SMILES string of the molecule is CC1=C(c2ccc(O)cc2)[C@H](c2ccc(OCCN3CC(CF)C3)cc2)Oc2ccc(O)cc21. The van der Waals surface area contributed by atoms with E-state index in [4.69, 9.17) is 9.47 Å². The number of benzene rings is 3. The summed E-state index contributed by atoms with van der Waals surface area (Å²) in [4.78, 5) is 2.20. The summed E-state index contributed by atoms with van der Waals surface area (Å²) in [5.41, 5.74) is 4.75. The van der Waals surface area contributed by atoms with Crippen LogP contribution in [0.5, 0.6) is 23.0 Å². The minimum atomic E-state index is -0.352. The van der Waals surface area contributed by atoms with Crippen molar-refractivity contribution in [1.29, 1.82) is 0 Å². The number of alkyl halides is 1. The number of rotatable bonds is 7. The van der Waals surface area contributed by atoms with Crippen LogP contribution in [0.15, 0.2) is 66.7 Å². The van der Waals surface area contributed by atoms with Gasteiger partial charge in [-0.1, -0.05) is 24.3 Å². The van der Waals surface area contributed by atoms with E-state index in [0.29, 0.717) is 12.4 Å². The van der Waals surface area contributed by atoms with E-state index in [2.05, 4.69) is 4.90 Å². The lowest BCUT2D eigenvalue weighted by Crippen LogP contribution is -2.49. The number of ether oxygens (including phenoxy) is 2. The molecule has 3 aromatic carbocycles. The zero-order valence-corrected chi connectivity index (χ0v) is 19.1. The van der Waals surface area contributed by atoms with E-state index in [0.717, 1.165) is 53.2 Å². The lowest BCUT2D eigenvalue weighted by Gasteiger charge is -2.37. The molecule has 0 bridgehead atoms. The van der Waals surface area contributed by atoms with Crippen LogP contribution in [-0.4, -0.2) is 48.0 Å². The summed E-state index contributed by atoms with van der Waals surface area (Å²) >= 11 is 0. The number of hydrogen-bond donors (Lipinski definition) is 2. The fourth-order valence-corrected chi connectivity index (χ4v) is 4.67. The van der Waals surface area contributed by atoms with E-state index >= 15 is 0 Å². The molecule has 0 aromatic heterocycles. The maximum atomic E-state index is 12.6. The Labute approximate surface area is 198 Å². The Morgan fingerprint density at radius 1 is 0.971 bits per heavy atom. The van der Waals surface area contributed by atoms with E-state index in [1.54, 1.807) is 30.3 Å². The van der Waals surface area contributed by atoms with Gasteiger partial charge in [0.05, 0.1) is 6.67 Å². The molecule has 5 nitrogen and oxygen atoms in total. The third-order valence-corrected chi connectivity index (χ3v) is 6.57. The molecule has 1 fully saturated rings. The van der Waals surface area contributed by atoms with Crippen molar-refractivity contribution >= 4 is 11.1 Å². The quantitative estimate of drug-likeness (QED) is 0.491. The molecule has 1 saturated heterocycles. The first-order valence-electron chi connectivity index (χ1n) is 11.5. The van der Waals surface area contributed by atoms with Gasteiger partial charge in [-0.15, -0.1) is 0 Å². The largest absolute Gasteiger partial charge is 0.508 e. The summed E-state index contributed by atoms with van der Waals surface area (Å²) in [5.74, 6) is 2.06. The number of nitrogens with zero attached hydrogens (tertiary/aromatic N) is 1. The van der Waals surface area contributed by atoms with Crippen LogP contribution in [-0.2, 0) is 0 Å². The molecule has 176 valence electrons. The van der Waals surface area contributed by atoms with Crippen molar-refractivity contribution in [2.75, 3.05) is 32.9 Å². The number of allylic oxidation sites excluding steroid dienone is 1. The first-order valence-corrected chi connectivity index (χ1v) is 11.5. The molecule has 34 heavy (non-hydrogen) atoms. The van der Waals surface area contributed by atoms with Crippen molar-refractivity contribution in [3.8, 4) is 23.0 Å². The van der Waals surface area contributed by atoms with Crippen LogP contribution < -0.4 is 9.47 Å². The highest BCUT2D eigenvalue weighted by molar-refractivity contribution is 5.95. The lowest BCUT2D eigenvalue weighted by molar-refractivity contribution is 0.0668. The van der Waals surface area contributed by atoms with Crippen molar-refractivity contribution in [2.24, 2.45) is 5.92 Å². The smallest absolute Gasteiger partial charge is 0.150 e. The summed E-state index contributed by atoms with van der Waals surface area (Å²) in [6, 6.07) is 20.1. The van der Waals surface area contributed by atoms with Crippen molar-refractivity contribution in [1.82, 2.24) is 4.90 Å². The van der Waals surface area contributed by atoms with Crippen LogP contribution in [0.3, 0.4) is 0 Å². The molecule has 0 spiro atoms. The van der Waals surface area contributed by atoms with Crippen LogP contribution in [0.25, 0.3) is 11.1 Å². The summed E-state index contributed by atoms with van der Waals surface area (Å²) < 4.78 is 24.9. The molecule has 2 heterocycles. The minimum absolute atomic E-state index is 0.183. The van der Waals surface area contributed by atoms with E-state index in [1.165, 1.54) is 0 Å². The van der Waals surface area contributed by atoms with Gasteiger partial charge < -0.3 is 19.7 Å². The molecule has 3 aromatic rings. The highest BCUT2D eigenvalue weighted by atomic mass is 19.1. The van der Waals surface area contributed by atoms with E-state index in [1.807, 2.05) is 43.3 Å². The predicted octanol–water partition coefficient (Wildman–Crippen LogP) is 5.44. The van der Waals surface area contributed by atoms with Gasteiger partial charge in [0.25, 0.3) is 0 Å². The molecule has 2 N–H and O–H groups in total. The topological polar surface area (TPSA) is 62.2 Å². The van der Waals surface area contributed by atoms with Gasteiger partial charge >= 0.3 is 0 Å². The number of fused-ring (bicyclic) bond motifs is 1. The zero-order chi connectivity index (χ0) is 23.7. The maximum Gasteiger partial charge on any atom is 0.150 e. The number of hydrogen-bond acceptors (Lipinski definition) is 5. The molecule has 5 rings (SSSR count). The van der Waals surface area contributed by atoms with Crippen LogP contribution in [0, 0.1) is 5.92 Å². The van der Waals surface area contributed by atoms with Crippen molar-refractivity contribution in [3.63, 3.8) is 0 Å². The summed E-state index contributed by atoms with van der Waals surface area (Å²) in [7, 11) is 0. The lowest BCUT2D eigenvalue weighted by atomic mass is 9.86. The second-order valence-electron chi connectivity index (χ2n) is 8.96. The van der Waals surface area contributed by atoms with Crippen molar-refractivity contribution < 1.29 is 24.1 Å². The molecule has 0 aliphatic carbocycles. The molecule has 1 atom stereocenters. The monoisotopic (exact) mass is 461 g/mol. The van der Waals surface area contributed by atoms with Crippen LogP contribution >= 0.6 is 0 Å². The van der Waals surface area contributed by atoms with Gasteiger partial charge in [0.2, 0.25) is 0 Å². The summed E-state index contributed by atoms with van der Waals surface area (Å²) in [6.45, 7) is 4.75. The molecular formula is C28H28FNO4. The first kappa shape index (κ1) is 22.3. The molecule has 0 unspecified atom stereocenters. The van der Waals surface area contributed by atoms with Crippen LogP contribution in [0.1, 0.15) is 29.7 Å². The van der Waals surface area contributed by atoms with Gasteiger partial charge in [-0.05, 0) is 66.1 Å². The molecular weight excluding hydrogens is 433 g/mol. The average Bonchev–Trinajstić information content (AvgIpc) is 2.82. The fraction of sp³-hybridized carbons (Fsp3) is 0.286. The van der Waals surface area contributed by atoms with Gasteiger partial charge in [-0.3, -0.25) is 9.29 Å². The molecule has 0 radical (unpaired) electrons. The Bertz CT molecular complexity index is 1180. The third-order valence-electron chi connectivity index (χ3n) is 6.57. The first-order chi connectivity index (χ1) is 16.5. The van der Waals surface area contributed by atoms with E-state index in [-0.39, 0.29) is 30.2 Å². The number of phenols is 2. The van der Waals surface area contributed by atoms with Gasteiger partial charge in [-0.2, -0.15) is 0 Å². The zero-order valence-electron chi connectivity index (χ0n) is 19.1. The van der Waals surface area contributed by atoms with Gasteiger partial charge in [0.1, 0.15) is 35.7 Å². The third kappa shape index (κ3) is 4.46. The Kier molecular flexibility index (Phi) is 6.16. The Morgan fingerprint density at radius 3 is 2.38 bits per heavy atom. The predicted molar refractivity (Wildman–Crippen MR) is 130 cm³/mol. The summed E-state index contributed by atoms with van der Waals surface area (Å²) in [6.07, 6.45) is -0.352. The Hall–Kier alpha value is -3.51. The van der Waals surface area contributed by atoms with Crippen molar-refractivity contribution in [3.05, 3.63) is 83.4 Å². The number of likely N-dealkylation sites (tertiary alicyclic amines) is 1. The minimum Gasteiger partial charge on any atom is -0.508 e. The Balaban J connectivity index is 1.37. The second kappa shape index (κ2) is 9.39. The molecule has 0 amide bonds. The van der Waals surface area contributed by atoms with E-state index < -0.39 is 0 Å². The molecule has 2 aliphatic rings.